The van der Waals surface area contributed by atoms with Gasteiger partial charge in [0.15, 0.2) is 5.13 Å². The van der Waals surface area contributed by atoms with Crippen LogP contribution in [-0.2, 0) is 6.54 Å². The Morgan fingerprint density at radius 1 is 1.20 bits per heavy atom. The standard InChI is InChI=1S/C22H20Cl2N4OS/c1-14-4-7-19-20(15(14)2)26-22(30-19)28(10-3-9-27-11-8-25-13-27)21(29)17-12-16(23)5-6-18(17)24/h4-8,11-13H,3,9-10H2,1-2H3. The highest BCUT2D eigenvalue weighted by Crippen LogP contribution is 2.33. The molecule has 1 amide bonds. The van der Waals surface area contributed by atoms with Crippen molar-refractivity contribution in [3.05, 3.63) is 75.8 Å². The molecule has 0 N–H and O–H groups in total. The molecule has 2 aromatic heterocycles. The zero-order chi connectivity index (χ0) is 21.3. The normalized spacial score (nSPS) is 11.2. The van der Waals surface area contributed by atoms with Gasteiger partial charge in [-0.1, -0.05) is 40.6 Å². The maximum atomic E-state index is 13.5. The first-order valence-electron chi connectivity index (χ1n) is 9.53. The highest BCUT2D eigenvalue weighted by molar-refractivity contribution is 7.22. The van der Waals surface area contributed by atoms with Crippen molar-refractivity contribution in [1.82, 2.24) is 14.5 Å². The molecular formula is C22H20Cl2N4OS. The summed E-state index contributed by atoms with van der Waals surface area (Å²) >= 11 is 14.0. The Morgan fingerprint density at radius 3 is 2.80 bits per heavy atom. The lowest BCUT2D eigenvalue weighted by atomic mass is 10.1. The summed E-state index contributed by atoms with van der Waals surface area (Å²) in [5, 5.41) is 1.50. The molecule has 4 aromatic rings. The van der Waals surface area contributed by atoms with Gasteiger partial charge in [0.25, 0.3) is 5.91 Å². The van der Waals surface area contributed by atoms with Crippen molar-refractivity contribution >= 4 is 55.8 Å². The fraction of sp³-hybridized carbons (Fsp3) is 0.227. The van der Waals surface area contributed by atoms with E-state index >= 15 is 0 Å². The maximum absolute atomic E-state index is 13.5. The Labute approximate surface area is 188 Å². The molecule has 0 radical (unpaired) electrons. The number of rotatable bonds is 6. The molecule has 0 aliphatic heterocycles. The fourth-order valence-corrected chi connectivity index (χ4v) is 4.67. The van der Waals surface area contributed by atoms with Crippen LogP contribution in [0.25, 0.3) is 10.2 Å². The van der Waals surface area contributed by atoms with E-state index in [-0.39, 0.29) is 5.91 Å². The largest absolute Gasteiger partial charge is 0.337 e. The number of aromatic nitrogens is 3. The van der Waals surface area contributed by atoms with Crippen LogP contribution in [0.5, 0.6) is 0 Å². The quantitative estimate of drug-likeness (QED) is 0.347. The molecule has 0 spiro atoms. The number of thiazole rings is 1. The predicted octanol–water partition coefficient (Wildman–Crippen LogP) is 6.15. The van der Waals surface area contributed by atoms with Crippen LogP contribution < -0.4 is 4.90 Å². The third-order valence-electron chi connectivity index (χ3n) is 5.07. The molecule has 5 nitrogen and oxygen atoms in total. The van der Waals surface area contributed by atoms with Crippen LogP contribution in [0.3, 0.4) is 0 Å². The molecule has 2 aromatic carbocycles. The minimum absolute atomic E-state index is 0.207. The second-order valence-electron chi connectivity index (χ2n) is 7.09. The topological polar surface area (TPSA) is 51.0 Å². The number of anilines is 1. The summed E-state index contributed by atoms with van der Waals surface area (Å²) < 4.78 is 3.04. The van der Waals surface area contributed by atoms with E-state index in [9.17, 15) is 4.79 Å². The van der Waals surface area contributed by atoms with Gasteiger partial charge in [0, 0.05) is 30.5 Å². The van der Waals surface area contributed by atoms with Crippen LogP contribution in [-0.4, -0.2) is 27.0 Å². The first-order valence-corrected chi connectivity index (χ1v) is 11.1. The summed E-state index contributed by atoms with van der Waals surface area (Å²) in [5.74, 6) is -0.207. The van der Waals surface area contributed by atoms with Crippen LogP contribution in [0.2, 0.25) is 10.0 Å². The highest BCUT2D eigenvalue weighted by Gasteiger charge is 2.24. The average Bonchev–Trinajstić information content (AvgIpc) is 3.39. The van der Waals surface area contributed by atoms with Crippen molar-refractivity contribution < 1.29 is 4.79 Å². The van der Waals surface area contributed by atoms with Gasteiger partial charge in [-0.2, -0.15) is 0 Å². The van der Waals surface area contributed by atoms with Crippen LogP contribution in [0.1, 0.15) is 27.9 Å². The van der Waals surface area contributed by atoms with Crippen molar-refractivity contribution in [1.29, 1.82) is 0 Å². The van der Waals surface area contributed by atoms with Gasteiger partial charge in [-0.15, -0.1) is 0 Å². The number of hydrogen-bond donors (Lipinski definition) is 0. The van der Waals surface area contributed by atoms with Gasteiger partial charge in [0.2, 0.25) is 0 Å². The Morgan fingerprint density at radius 2 is 2.03 bits per heavy atom. The van der Waals surface area contributed by atoms with Gasteiger partial charge in [-0.3, -0.25) is 9.69 Å². The highest BCUT2D eigenvalue weighted by atomic mass is 35.5. The predicted molar refractivity (Wildman–Crippen MR) is 124 cm³/mol. The summed E-state index contributed by atoms with van der Waals surface area (Å²) in [6.07, 6.45) is 6.16. The third kappa shape index (κ3) is 4.21. The Kier molecular flexibility index (Phi) is 6.09. The summed E-state index contributed by atoms with van der Waals surface area (Å²) in [6, 6.07) is 9.07. The molecule has 0 aliphatic rings. The number of benzene rings is 2. The van der Waals surface area contributed by atoms with Gasteiger partial charge >= 0.3 is 0 Å². The molecule has 4 rings (SSSR count). The maximum Gasteiger partial charge on any atom is 0.261 e. The molecule has 0 atom stereocenters. The summed E-state index contributed by atoms with van der Waals surface area (Å²) in [6.45, 7) is 5.36. The number of nitrogens with zero attached hydrogens (tertiary/aromatic N) is 4. The number of carbonyl (C=O) groups excluding carboxylic acids is 1. The van der Waals surface area contributed by atoms with Crippen molar-refractivity contribution in [2.75, 3.05) is 11.4 Å². The van der Waals surface area contributed by atoms with E-state index in [0.29, 0.717) is 27.3 Å². The van der Waals surface area contributed by atoms with Crippen molar-refractivity contribution in [3.63, 3.8) is 0 Å². The van der Waals surface area contributed by atoms with Gasteiger partial charge < -0.3 is 4.57 Å². The molecule has 0 saturated heterocycles. The van der Waals surface area contributed by atoms with Crippen LogP contribution in [0.15, 0.2) is 49.1 Å². The van der Waals surface area contributed by atoms with E-state index < -0.39 is 0 Å². The van der Waals surface area contributed by atoms with Gasteiger partial charge in [-0.05, 0) is 55.7 Å². The minimum atomic E-state index is -0.207. The second-order valence-corrected chi connectivity index (χ2v) is 8.94. The monoisotopic (exact) mass is 458 g/mol. The summed E-state index contributed by atoms with van der Waals surface area (Å²) in [7, 11) is 0. The van der Waals surface area contributed by atoms with Gasteiger partial charge in [0.05, 0.1) is 27.1 Å². The average molecular weight is 459 g/mol. The Balaban J connectivity index is 1.70. The Hall–Kier alpha value is -2.41. The second kappa shape index (κ2) is 8.76. The van der Waals surface area contributed by atoms with E-state index in [2.05, 4.69) is 31.0 Å². The molecule has 0 aliphatic carbocycles. The van der Waals surface area contributed by atoms with Crippen molar-refractivity contribution in [2.45, 2.75) is 26.8 Å². The van der Waals surface area contributed by atoms with Crippen LogP contribution in [0, 0.1) is 13.8 Å². The van der Waals surface area contributed by atoms with Crippen molar-refractivity contribution in [3.8, 4) is 0 Å². The lowest BCUT2D eigenvalue weighted by Crippen LogP contribution is -2.32. The zero-order valence-electron chi connectivity index (χ0n) is 16.6. The number of carbonyl (C=O) groups is 1. The number of amides is 1. The van der Waals surface area contributed by atoms with E-state index in [1.165, 1.54) is 16.9 Å². The number of imidazole rings is 1. The van der Waals surface area contributed by atoms with Crippen molar-refractivity contribution in [2.24, 2.45) is 0 Å². The molecule has 8 heteroatoms. The lowest BCUT2D eigenvalue weighted by Gasteiger charge is -2.21. The molecule has 2 heterocycles. The smallest absolute Gasteiger partial charge is 0.261 e. The molecule has 30 heavy (non-hydrogen) atoms. The van der Waals surface area contributed by atoms with Gasteiger partial charge in [-0.25, -0.2) is 9.97 Å². The molecule has 0 unspecified atom stereocenters. The number of halogens is 2. The van der Waals surface area contributed by atoms with E-state index in [1.807, 2.05) is 10.8 Å². The summed E-state index contributed by atoms with van der Waals surface area (Å²) in [4.78, 5) is 24.1. The molecule has 0 saturated carbocycles. The van der Waals surface area contributed by atoms with Crippen LogP contribution in [0.4, 0.5) is 5.13 Å². The molecule has 154 valence electrons. The fourth-order valence-electron chi connectivity index (χ4n) is 3.25. The molecule has 0 bridgehead atoms. The van der Waals surface area contributed by atoms with Gasteiger partial charge in [0.1, 0.15) is 0 Å². The first-order chi connectivity index (χ1) is 14.4. The van der Waals surface area contributed by atoms with E-state index in [1.54, 1.807) is 35.6 Å². The Bertz CT molecular complexity index is 1200. The van der Waals surface area contributed by atoms with E-state index in [4.69, 9.17) is 28.2 Å². The minimum Gasteiger partial charge on any atom is -0.337 e. The first kappa shape index (κ1) is 20.8. The molecule has 0 fully saturated rings. The summed E-state index contributed by atoms with van der Waals surface area (Å²) in [5.41, 5.74) is 3.61. The van der Waals surface area contributed by atoms with Crippen LogP contribution >= 0.6 is 34.5 Å². The molecular weight excluding hydrogens is 439 g/mol. The zero-order valence-corrected chi connectivity index (χ0v) is 18.9. The number of fused-ring (bicyclic) bond motifs is 1. The number of hydrogen-bond acceptors (Lipinski definition) is 4. The lowest BCUT2D eigenvalue weighted by molar-refractivity contribution is 0.0986. The number of aryl methyl sites for hydroxylation is 3. The SMILES string of the molecule is Cc1ccc2sc(N(CCCn3ccnc3)C(=O)c3cc(Cl)ccc3Cl)nc2c1C. The van der Waals surface area contributed by atoms with E-state index in [0.717, 1.165) is 28.7 Å². The third-order valence-corrected chi connectivity index (χ3v) is 6.67.